The molecule has 2 aromatic rings. The third-order valence-electron chi connectivity index (χ3n) is 6.47. The number of nitrogens with zero attached hydrogens (tertiary/aromatic N) is 1. The molecule has 170 valence electrons. The highest BCUT2D eigenvalue weighted by Crippen LogP contribution is 2.34. The van der Waals surface area contributed by atoms with Gasteiger partial charge in [0.15, 0.2) is 0 Å². The lowest BCUT2D eigenvalue weighted by Crippen LogP contribution is -2.02. The van der Waals surface area contributed by atoms with Crippen LogP contribution in [-0.4, -0.2) is 13.3 Å². The summed E-state index contributed by atoms with van der Waals surface area (Å²) in [6, 6.07) is 15.1. The van der Waals surface area contributed by atoms with Gasteiger partial charge in [0.25, 0.3) is 0 Å². The van der Waals surface area contributed by atoms with Crippen LogP contribution in [0.5, 0.6) is 5.75 Å². The van der Waals surface area contributed by atoms with Gasteiger partial charge in [0.2, 0.25) is 0 Å². The van der Waals surface area contributed by atoms with Crippen molar-refractivity contribution in [2.75, 3.05) is 6.61 Å². The van der Waals surface area contributed by atoms with Gasteiger partial charge < -0.3 is 9.47 Å². The van der Waals surface area contributed by atoms with Crippen molar-refractivity contribution in [2.45, 2.75) is 52.1 Å². The Morgan fingerprint density at radius 3 is 2.76 bits per heavy atom. The number of ether oxygens (including phenoxy) is 2. The number of rotatable bonds is 9. The molecular formula is C30H33NO2. The second-order valence-corrected chi connectivity index (χ2v) is 8.75. The molecule has 2 aliphatic carbocycles. The van der Waals surface area contributed by atoms with Gasteiger partial charge in [0, 0.05) is 6.42 Å². The molecule has 0 saturated carbocycles. The Labute approximate surface area is 197 Å². The summed E-state index contributed by atoms with van der Waals surface area (Å²) >= 11 is 0. The van der Waals surface area contributed by atoms with Crippen LogP contribution >= 0.6 is 0 Å². The first-order valence-corrected chi connectivity index (χ1v) is 11.8. The highest BCUT2D eigenvalue weighted by Gasteiger charge is 2.18. The minimum absolute atomic E-state index is 0.508. The first-order chi connectivity index (χ1) is 16.1. The van der Waals surface area contributed by atoms with Gasteiger partial charge in [0.05, 0.1) is 12.3 Å². The summed E-state index contributed by atoms with van der Waals surface area (Å²) in [5, 5.41) is 0. The molecule has 0 fully saturated rings. The van der Waals surface area contributed by atoms with Crippen LogP contribution < -0.4 is 4.74 Å². The van der Waals surface area contributed by atoms with Crippen molar-refractivity contribution in [1.29, 1.82) is 0 Å². The average molecular weight is 440 g/mol. The molecule has 0 radical (unpaired) electrons. The summed E-state index contributed by atoms with van der Waals surface area (Å²) in [6.07, 6.45) is 14.6. The molecule has 1 atom stereocenters. The molecule has 1 unspecified atom stereocenters. The van der Waals surface area contributed by atoms with Gasteiger partial charge in [-0.1, -0.05) is 67.6 Å². The van der Waals surface area contributed by atoms with E-state index in [2.05, 4.69) is 91.5 Å². The van der Waals surface area contributed by atoms with E-state index in [0.717, 1.165) is 35.6 Å². The molecule has 0 aliphatic heterocycles. The molecule has 2 aromatic carbocycles. The number of aliphatic imine (C=N–C) groups is 1. The second-order valence-electron chi connectivity index (χ2n) is 8.75. The number of aryl methyl sites for hydroxylation is 1. The van der Waals surface area contributed by atoms with E-state index in [1.54, 1.807) is 0 Å². The second kappa shape index (κ2) is 11.0. The summed E-state index contributed by atoms with van der Waals surface area (Å²) < 4.78 is 12.0. The highest BCUT2D eigenvalue weighted by atomic mass is 16.5. The van der Waals surface area contributed by atoms with Crippen LogP contribution in [0.15, 0.2) is 89.3 Å². The molecule has 0 aromatic heterocycles. The largest absolute Gasteiger partial charge is 0.493 e. The summed E-state index contributed by atoms with van der Waals surface area (Å²) in [7, 11) is 0. The van der Waals surface area contributed by atoms with Crippen molar-refractivity contribution in [1.82, 2.24) is 0 Å². The monoisotopic (exact) mass is 439 g/mol. The Hall–Kier alpha value is -3.33. The van der Waals surface area contributed by atoms with Crippen LogP contribution in [0.4, 0.5) is 0 Å². The molecule has 4 rings (SSSR count). The van der Waals surface area contributed by atoms with Gasteiger partial charge in [-0.05, 0) is 78.8 Å². The highest BCUT2D eigenvalue weighted by molar-refractivity contribution is 5.69. The molecule has 0 amide bonds. The van der Waals surface area contributed by atoms with Gasteiger partial charge in [-0.25, -0.2) is 0 Å². The van der Waals surface area contributed by atoms with Crippen LogP contribution in [0.3, 0.4) is 0 Å². The Kier molecular flexibility index (Phi) is 7.62. The van der Waals surface area contributed by atoms with Crippen molar-refractivity contribution < 1.29 is 9.47 Å². The zero-order valence-electron chi connectivity index (χ0n) is 19.7. The number of allylic oxidation sites excluding steroid dienone is 7. The Balaban J connectivity index is 1.29. The van der Waals surface area contributed by atoms with E-state index in [1.807, 2.05) is 6.92 Å². The van der Waals surface area contributed by atoms with Crippen LogP contribution in [0.1, 0.15) is 61.3 Å². The topological polar surface area (TPSA) is 30.8 Å². The van der Waals surface area contributed by atoms with Gasteiger partial charge in [0.1, 0.15) is 18.1 Å². The standard InChI is InChI=1S/C30H33NO2/c1-22-10-13-27-20-28(16-17-29(22)27)32-19-18-30(31-3)23(2)33-21-24-11-14-26(15-12-24)25-8-6-4-5-7-9-25/h4-8,11-12,14-17,20,22H,3,9-10,13,18-19,21H2,1-2H3/b30-23-. The van der Waals surface area contributed by atoms with Crippen molar-refractivity contribution in [3.8, 4) is 5.75 Å². The maximum atomic E-state index is 6.01. The summed E-state index contributed by atoms with van der Waals surface area (Å²) in [5.41, 5.74) is 7.42. The Morgan fingerprint density at radius 2 is 1.94 bits per heavy atom. The molecule has 0 spiro atoms. The van der Waals surface area contributed by atoms with Crippen LogP contribution in [-0.2, 0) is 17.8 Å². The van der Waals surface area contributed by atoms with E-state index in [1.165, 1.54) is 28.7 Å². The maximum absolute atomic E-state index is 6.01. The van der Waals surface area contributed by atoms with Gasteiger partial charge in [-0.3, -0.25) is 4.99 Å². The predicted octanol–water partition coefficient (Wildman–Crippen LogP) is 7.55. The average Bonchev–Trinajstić information content (AvgIpc) is 3.02. The maximum Gasteiger partial charge on any atom is 0.119 e. The normalized spacial score (nSPS) is 17.6. The lowest BCUT2D eigenvalue weighted by atomic mass is 10.0. The fourth-order valence-corrected chi connectivity index (χ4v) is 4.41. The lowest BCUT2D eigenvalue weighted by molar-refractivity contribution is 0.194. The first-order valence-electron chi connectivity index (χ1n) is 11.8. The summed E-state index contributed by atoms with van der Waals surface area (Å²) in [5.74, 6) is 2.38. The van der Waals surface area contributed by atoms with Crippen molar-refractivity contribution in [3.63, 3.8) is 0 Å². The smallest absolute Gasteiger partial charge is 0.119 e. The zero-order chi connectivity index (χ0) is 23.0. The van der Waals surface area contributed by atoms with Crippen LogP contribution in [0.25, 0.3) is 5.57 Å². The molecule has 2 aliphatic rings. The molecule has 3 heteroatoms. The van der Waals surface area contributed by atoms with E-state index < -0.39 is 0 Å². The number of fused-ring (bicyclic) bond motifs is 1. The van der Waals surface area contributed by atoms with Crippen molar-refractivity contribution in [3.05, 3.63) is 107 Å². The van der Waals surface area contributed by atoms with Crippen LogP contribution in [0.2, 0.25) is 0 Å². The number of benzene rings is 2. The first kappa shape index (κ1) is 22.8. The number of hydrogen-bond acceptors (Lipinski definition) is 3. The zero-order valence-corrected chi connectivity index (χ0v) is 19.7. The Bertz CT molecular complexity index is 1100. The van der Waals surface area contributed by atoms with Crippen LogP contribution in [0, 0.1) is 0 Å². The van der Waals surface area contributed by atoms with Gasteiger partial charge in [-0.15, -0.1) is 0 Å². The Morgan fingerprint density at radius 1 is 1.09 bits per heavy atom. The fraction of sp³-hybridized carbons (Fsp3) is 0.300. The predicted molar refractivity (Wildman–Crippen MR) is 138 cm³/mol. The summed E-state index contributed by atoms with van der Waals surface area (Å²) in [4.78, 5) is 4.19. The minimum Gasteiger partial charge on any atom is -0.493 e. The fourth-order valence-electron chi connectivity index (χ4n) is 4.41. The minimum atomic E-state index is 0.508. The molecule has 33 heavy (non-hydrogen) atoms. The van der Waals surface area contributed by atoms with E-state index in [9.17, 15) is 0 Å². The van der Waals surface area contributed by atoms with E-state index in [-0.39, 0.29) is 0 Å². The van der Waals surface area contributed by atoms with Gasteiger partial charge in [-0.2, -0.15) is 0 Å². The molecule has 0 bridgehead atoms. The van der Waals surface area contributed by atoms with Gasteiger partial charge >= 0.3 is 0 Å². The SMILES string of the molecule is C=N/C(CCOc1ccc2c(c1)CCC2C)=C(/C)OCc1ccc(C2=CC=CC=CC2)cc1. The van der Waals surface area contributed by atoms with Crippen molar-refractivity contribution >= 4 is 12.3 Å². The molecule has 0 saturated heterocycles. The molecule has 0 N–H and O–H groups in total. The molecule has 0 heterocycles. The molecule has 3 nitrogen and oxygen atoms in total. The lowest BCUT2D eigenvalue weighted by Gasteiger charge is -2.13. The molecular weight excluding hydrogens is 406 g/mol. The third kappa shape index (κ3) is 5.92. The number of hydrogen-bond donors (Lipinski definition) is 0. The van der Waals surface area contributed by atoms with E-state index >= 15 is 0 Å². The van der Waals surface area contributed by atoms with E-state index in [4.69, 9.17) is 9.47 Å². The summed E-state index contributed by atoms with van der Waals surface area (Å²) in [6.45, 7) is 9.03. The third-order valence-corrected chi connectivity index (χ3v) is 6.47. The van der Waals surface area contributed by atoms with E-state index in [0.29, 0.717) is 25.6 Å². The van der Waals surface area contributed by atoms with Crippen molar-refractivity contribution in [2.24, 2.45) is 4.99 Å². The quantitative estimate of drug-likeness (QED) is 0.298.